The topological polar surface area (TPSA) is 116 Å². The Bertz CT molecular complexity index is 5540. The highest BCUT2D eigenvalue weighted by Gasteiger charge is 2.12. The van der Waals surface area contributed by atoms with E-state index < -0.39 is 0 Å². The Morgan fingerprint density at radius 2 is 0.710 bits per heavy atom. The van der Waals surface area contributed by atoms with Crippen LogP contribution in [0.5, 0.6) is 0 Å². The summed E-state index contributed by atoms with van der Waals surface area (Å²) in [5, 5.41) is 9.48. The molecule has 7 aromatic heterocycles. The van der Waals surface area contributed by atoms with Crippen LogP contribution in [0.15, 0.2) is 334 Å². The number of aromatic nitrogens is 9. The molecular formula is C91H73N9. The minimum atomic E-state index is 0.793. The molecule has 7 heterocycles. The van der Waals surface area contributed by atoms with Gasteiger partial charge in [-0.15, -0.1) is 0 Å². The molecule has 0 saturated carbocycles. The minimum absolute atomic E-state index is 0.793. The Morgan fingerprint density at radius 1 is 0.260 bits per heavy atom. The van der Waals surface area contributed by atoms with Crippen LogP contribution in [-0.4, -0.2) is 44.9 Å². The SMILES string of the molecule is Cc1c(-c2ccccc2)ncc2ccccc12.Cc1cc(-c2ccccc2)c2ccccc2n1.Cc1cc(-c2ccccc2)nc2ccccc12.Cc1cc2cccnc2c2ncccc12.Cc1nc(-c2ccccc2)c2ccccc2n1.Cc1nc(-c2ccccc2)nc2ccccc12. The maximum atomic E-state index is 4.71. The smallest absolute Gasteiger partial charge is 0.160 e. The molecule has 0 amide bonds. The van der Waals surface area contributed by atoms with E-state index in [1.807, 2.05) is 197 Å². The summed E-state index contributed by atoms with van der Waals surface area (Å²) in [5.74, 6) is 1.60. The molecule has 0 spiro atoms. The average Bonchev–Trinajstić information content (AvgIpc) is 0.832. The second-order valence-electron chi connectivity index (χ2n) is 24.3. The van der Waals surface area contributed by atoms with Crippen LogP contribution in [0.3, 0.4) is 0 Å². The number of fused-ring (bicyclic) bond motifs is 8. The fourth-order valence-corrected chi connectivity index (χ4v) is 12.4. The van der Waals surface area contributed by atoms with E-state index in [4.69, 9.17) is 4.98 Å². The average molecular weight is 1290 g/mol. The summed E-state index contributed by atoms with van der Waals surface area (Å²) in [6.07, 6.45) is 5.58. The Balaban J connectivity index is 0.000000108. The first-order chi connectivity index (χ1) is 49.1. The summed E-state index contributed by atoms with van der Waals surface area (Å²) >= 11 is 0. The molecule has 482 valence electrons. The van der Waals surface area contributed by atoms with E-state index in [9.17, 15) is 0 Å². The largest absolute Gasteiger partial charge is 0.255 e. The van der Waals surface area contributed by atoms with Gasteiger partial charge in [-0.05, 0) is 129 Å². The van der Waals surface area contributed by atoms with Gasteiger partial charge in [0.1, 0.15) is 5.82 Å². The zero-order valence-electron chi connectivity index (χ0n) is 56.8. The lowest BCUT2D eigenvalue weighted by Crippen LogP contribution is -1.93. The van der Waals surface area contributed by atoms with Crippen LogP contribution in [0.4, 0.5) is 0 Å². The van der Waals surface area contributed by atoms with Gasteiger partial charge in [-0.3, -0.25) is 19.9 Å². The van der Waals surface area contributed by atoms with Crippen molar-refractivity contribution in [3.63, 3.8) is 0 Å². The van der Waals surface area contributed by atoms with Crippen LogP contribution >= 0.6 is 0 Å². The van der Waals surface area contributed by atoms with Gasteiger partial charge < -0.3 is 0 Å². The first-order valence-corrected chi connectivity index (χ1v) is 33.5. The molecule has 0 radical (unpaired) electrons. The normalized spacial score (nSPS) is 10.7. The number of para-hydroxylation sites is 4. The molecule has 0 fully saturated rings. The molecule has 9 nitrogen and oxygen atoms in total. The Hall–Kier alpha value is -12.9. The van der Waals surface area contributed by atoms with Crippen molar-refractivity contribution in [3.8, 4) is 56.3 Å². The monoisotopic (exact) mass is 1290 g/mol. The second kappa shape index (κ2) is 31.4. The lowest BCUT2D eigenvalue weighted by Gasteiger charge is -2.08. The minimum Gasteiger partial charge on any atom is -0.255 e. The fraction of sp³-hybridized carbons (Fsp3) is 0.0659. The number of nitrogens with zero attached hydrogens (tertiary/aromatic N) is 9. The van der Waals surface area contributed by atoms with Crippen molar-refractivity contribution in [3.05, 3.63) is 368 Å². The van der Waals surface area contributed by atoms with Gasteiger partial charge in [-0.25, -0.2) is 24.9 Å². The van der Waals surface area contributed by atoms with Gasteiger partial charge in [0.25, 0.3) is 0 Å². The first kappa shape index (κ1) is 65.8. The maximum absolute atomic E-state index is 4.71. The third-order valence-corrected chi connectivity index (χ3v) is 17.3. The Labute approximate surface area is 583 Å². The number of rotatable bonds is 5. The van der Waals surface area contributed by atoms with Gasteiger partial charge in [0.05, 0.1) is 50.2 Å². The van der Waals surface area contributed by atoms with Crippen LogP contribution in [0.1, 0.15) is 33.9 Å². The van der Waals surface area contributed by atoms with Crippen molar-refractivity contribution in [2.45, 2.75) is 41.5 Å². The zero-order valence-corrected chi connectivity index (χ0v) is 56.8. The van der Waals surface area contributed by atoms with E-state index in [1.54, 1.807) is 0 Å². The highest BCUT2D eigenvalue weighted by atomic mass is 14.9. The predicted octanol–water partition coefficient (Wildman–Crippen LogP) is 22.9. The molecule has 9 heteroatoms. The quantitative estimate of drug-likeness (QED) is 0.155. The van der Waals surface area contributed by atoms with Crippen LogP contribution in [0.2, 0.25) is 0 Å². The third-order valence-electron chi connectivity index (χ3n) is 17.3. The zero-order chi connectivity index (χ0) is 68.6. The molecule has 0 aliphatic rings. The fourth-order valence-electron chi connectivity index (χ4n) is 12.4. The summed E-state index contributed by atoms with van der Waals surface area (Å²) in [5.41, 5.74) is 22.1. The summed E-state index contributed by atoms with van der Waals surface area (Å²) in [7, 11) is 0. The molecule has 0 aliphatic heterocycles. The van der Waals surface area contributed by atoms with Crippen LogP contribution < -0.4 is 0 Å². The predicted molar refractivity (Wildman–Crippen MR) is 417 cm³/mol. The van der Waals surface area contributed by atoms with Crippen LogP contribution in [0.25, 0.3) is 132 Å². The number of hydrogen-bond acceptors (Lipinski definition) is 9. The van der Waals surface area contributed by atoms with E-state index >= 15 is 0 Å². The number of aryl methyl sites for hydroxylation is 6. The molecule has 0 atom stereocenters. The van der Waals surface area contributed by atoms with Gasteiger partial charge in [-0.1, -0.05) is 261 Å². The molecular weight excluding hydrogens is 1220 g/mol. The first-order valence-electron chi connectivity index (χ1n) is 33.5. The van der Waals surface area contributed by atoms with Crippen LogP contribution in [0, 0.1) is 41.5 Å². The second-order valence-corrected chi connectivity index (χ2v) is 24.3. The molecule has 18 aromatic rings. The van der Waals surface area contributed by atoms with E-state index in [0.717, 1.165) is 101 Å². The van der Waals surface area contributed by atoms with Crippen molar-refractivity contribution >= 4 is 76.2 Å². The van der Waals surface area contributed by atoms with Crippen molar-refractivity contribution < 1.29 is 0 Å². The van der Waals surface area contributed by atoms with Crippen LogP contribution in [-0.2, 0) is 0 Å². The van der Waals surface area contributed by atoms with E-state index in [2.05, 4.69) is 218 Å². The van der Waals surface area contributed by atoms with E-state index in [-0.39, 0.29) is 0 Å². The van der Waals surface area contributed by atoms with Gasteiger partial charge in [0, 0.05) is 89.9 Å². The molecule has 0 saturated heterocycles. The molecule has 0 N–H and O–H groups in total. The van der Waals surface area contributed by atoms with Gasteiger partial charge in [-0.2, -0.15) is 0 Å². The number of hydrogen-bond donors (Lipinski definition) is 0. The molecule has 0 unspecified atom stereocenters. The Morgan fingerprint density at radius 3 is 1.35 bits per heavy atom. The lowest BCUT2D eigenvalue weighted by atomic mass is 10.0. The highest BCUT2D eigenvalue weighted by molar-refractivity contribution is 6.04. The van der Waals surface area contributed by atoms with Gasteiger partial charge in [0.2, 0.25) is 0 Å². The molecule has 0 bridgehead atoms. The summed E-state index contributed by atoms with van der Waals surface area (Å²) in [6, 6.07) is 107. The lowest BCUT2D eigenvalue weighted by molar-refractivity contribution is 1.10. The highest BCUT2D eigenvalue weighted by Crippen LogP contribution is 2.32. The van der Waals surface area contributed by atoms with Crippen molar-refractivity contribution in [1.29, 1.82) is 0 Å². The molecule has 18 rings (SSSR count). The third kappa shape index (κ3) is 15.5. The molecule has 100 heavy (non-hydrogen) atoms. The summed E-state index contributed by atoms with van der Waals surface area (Å²) in [4.78, 5) is 40.8. The van der Waals surface area contributed by atoms with E-state index in [1.165, 1.54) is 65.9 Å². The molecule has 0 aliphatic carbocycles. The van der Waals surface area contributed by atoms with Crippen molar-refractivity contribution in [2.75, 3.05) is 0 Å². The van der Waals surface area contributed by atoms with Gasteiger partial charge >= 0.3 is 0 Å². The van der Waals surface area contributed by atoms with Crippen molar-refractivity contribution in [1.82, 2.24) is 44.9 Å². The van der Waals surface area contributed by atoms with Gasteiger partial charge in [0.15, 0.2) is 5.82 Å². The standard InChI is InChI=1S/3C16H13N.2C15H12N2.C13H10N2/c1-12-15-10-6-5-9-14(15)11-17-16(12)13-7-3-2-4-8-13;1-12-11-15(13-7-3-2-4-8-13)14-9-5-6-10-16(14)17-12;1-12-11-16(13-7-3-2-4-8-13)17-15-10-6-5-9-14(12)15;1-11-16-14-10-6-5-9-13(14)15(17-11)12-7-3-2-4-8-12;1-11-13-9-5-6-10-14(13)17-15(16-11)12-7-3-2-4-8-12;1-9-8-10-4-2-6-14-12(10)13-11(9)5-3-7-15-13/h3*2-11H,1H3;2*2-10H,1H3;2-8H,1H3. The number of benzene rings is 11. The summed E-state index contributed by atoms with van der Waals surface area (Å²) < 4.78 is 0. The van der Waals surface area contributed by atoms with E-state index in [0.29, 0.717) is 0 Å². The molecule has 11 aromatic carbocycles. The maximum Gasteiger partial charge on any atom is 0.160 e. The number of pyridine rings is 5. The summed E-state index contributed by atoms with van der Waals surface area (Å²) in [6.45, 7) is 12.4. The Kier molecular flexibility index (Phi) is 20.6. The van der Waals surface area contributed by atoms with Crippen molar-refractivity contribution in [2.24, 2.45) is 0 Å².